The second-order valence-corrected chi connectivity index (χ2v) is 6.01. The highest BCUT2D eigenvalue weighted by Crippen LogP contribution is 2.24. The first-order valence-electron chi connectivity index (χ1n) is 7.87. The van der Waals surface area contributed by atoms with Gasteiger partial charge in [-0.25, -0.2) is 9.07 Å². The van der Waals surface area contributed by atoms with Crippen molar-refractivity contribution in [2.24, 2.45) is 4.99 Å². The number of H-pyrrole nitrogens is 1. The lowest BCUT2D eigenvalue weighted by Gasteiger charge is -2.16. The van der Waals surface area contributed by atoms with Crippen molar-refractivity contribution in [2.45, 2.75) is 6.92 Å². The van der Waals surface area contributed by atoms with Gasteiger partial charge in [-0.3, -0.25) is 14.8 Å². The van der Waals surface area contributed by atoms with Crippen molar-refractivity contribution in [1.29, 1.82) is 0 Å². The molecule has 0 spiro atoms. The first-order valence-corrected chi connectivity index (χ1v) is 8.65. The van der Waals surface area contributed by atoms with E-state index in [1.165, 1.54) is 12.1 Å². The number of hydrogen-bond donors (Lipinski definition) is 4. The molecule has 25 heavy (non-hydrogen) atoms. The van der Waals surface area contributed by atoms with E-state index in [4.69, 9.17) is 0 Å². The van der Waals surface area contributed by atoms with E-state index in [2.05, 4.69) is 25.1 Å². The van der Waals surface area contributed by atoms with Crippen LogP contribution in [0.15, 0.2) is 53.7 Å². The SMILES string of the molecule is CCNC(=NC)NSn1cc(-c2cccc(-c3ccc(O)cc3)n2)[nH]1. The zero-order valence-electron chi connectivity index (χ0n) is 14.0. The molecule has 0 saturated carbocycles. The van der Waals surface area contributed by atoms with Gasteiger partial charge in [0.05, 0.1) is 35.4 Å². The molecule has 3 rings (SSSR count). The zero-order chi connectivity index (χ0) is 17.6. The van der Waals surface area contributed by atoms with Gasteiger partial charge >= 0.3 is 0 Å². The van der Waals surface area contributed by atoms with Crippen LogP contribution in [0.25, 0.3) is 22.6 Å². The summed E-state index contributed by atoms with van der Waals surface area (Å²) in [7, 11) is 1.73. The van der Waals surface area contributed by atoms with Crippen LogP contribution < -0.4 is 10.0 Å². The summed E-state index contributed by atoms with van der Waals surface area (Å²) in [5.74, 6) is 0.972. The van der Waals surface area contributed by atoms with E-state index in [0.29, 0.717) is 0 Å². The lowest BCUT2D eigenvalue weighted by molar-refractivity contribution is 0.475. The van der Waals surface area contributed by atoms with Gasteiger partial charge in [-0.2, -0.15) is 0 Å². The number of nitrogens with one attached hydrogen (secondary N) is 3. The molecule has 2 aromatic heterocycles. The summed E-state index contributed by atoms with van der Waals surface area (Å²) in [5.41, 5.74) is 3.62. The Labute approximate surface area is 150 Å². The molecule has 0 atom stereocenters. The zero-order valence-corrected chi connectivity index (χ0v) is 14.8. The van der Waals surface area contributed by atoms with Crippen LogP contribution >= 0.6 is 12.1 Å². The maximum Gasteiger partial charge on any atom is 0.202 e. The van der Waals surface area contributed by atoms with E-state index in [-0.39, 0.29) is 5.75 Å². The summed E-state index contributed by atoms with van der Waals surface area (Å²) in [4.78, 5) is 8.77. The number of phenols is 1. The Balaban J connectivity index is 1.68. The summed E-state index contributed by atoms with van der Waals surface area (Å²) in [6, 6.07) is 12.9. The van der Waals surface area contributed by atoms with Crippen molar-refractivity contribution < 1.29 is 5.11 Å². The van der Waals surface area contributed by atoms with E-state index in [1.54, 1.807) is 19.2 Å². The number of pyridine rings is 1. The number of aromatic amines is 1. The standard InChI is InChI=1S/C17H20N6OS/c1-3-19-17(18-2)22-25-23-11-16(21-23)15-6-4-5-14(20-15)12-7-9-13(24)10-8-12/h4-11,21,24H,3H2,1-2H3,(H2,18,19,22). The van der Waals surface area contributed by atoms with Crippen molar-refractivity contribution in [3.05, 3.63) is 48.7 Å². The number of phenolic OH excluding ortho intramolecular Hbond substituents is 1. The molecule has 1 aromatic carbocycles. The lowest BCUT2D eigenvalue weighted by Crippen LogP contribution is -2.34. The lowest BCUT2D eigenvalue weighted by atomic mass is 10.1. The third-order valence-corrected chi connectivity index (χ3v) is 4.15. The summed E-state index contributed by atoms with van der Waals surface area (Å²) in [5, 5.41) is 15.7. The fraction of sp³-hybridized carbons (Fsp3) is 0.176. The van der Waals surface area contributed by atoms with Gasteiger partial charge in [0.15, 0.2) is 0 Å². The number of rotatable bonds is 5. The van der Waals surface area contributed by atoms with Crippen LogP contribution in [0.5, 0.6) is 5.75 Å². The van der Waals surface area contributed by atoms with E-state index < -0.39 is 0 Å². The minimum absolute atomic E-state index is 0.246. The Hall–Kier alpha value is -2.87. The molecule has 0 radical (unpaired) electrons. The summed E-state index contributed by atoms with van der Waals surface area (Å²) >= 11 is 1.38. The van der Waals surface area contributed by atoms with Gasteiger partial charge in [-0.05, 0) is 43.3 Å². The Bertz CT molecular complexity index is 840. The molecule has 4 N–H and O–H groups in total. The number of benzene rings is 1. The number of guanidine groups is 1. The first kappa shape index (κ1) is 17.0. The van der Waals surface area contributed by atoms with Crippen LogP contribution in [0.1, 0.15) is 6.92 Å². The minimum Gasteiger partial charge on any atom is -0.508 e. The Kier molecular flexibility index (Phi) is 5.30. The smallest absolute Gasteiger partial charge is 0.202 e. The Morgan fingerprint density at radius 2 is 1.96 bits per heavy atom. The molecule has 0 amide bonds. The van der Waals surface area contributed by atoms with Crippen LogP contribution in [0.3, 0.4) is 0 Å². The highest BCUT2D eigenvalue weighted by atomic mass is 32.2. The number of hydrogen-bond acceptors (Lipinski definition) is 4. The molecule has 2 heterocycles. The first-order chi connectivity index (χ1) is 12.2. The molecule has 7 nitrogen and oxygen atoms in total. The van der Waals surface area contributed by atoms with Crippen molar-refractivity contribution in [2.75, 3.05) is 13.6 Å². The van der Waals surface area contributed by atoms with Gasteiger partial charge in [-0.1, -0.05) is 6.07 Å². The van der Waals surface area contributed by atoms with Crippen LogP contribution in [0.2, 0.25) is 0 Å². The topological polar surface area (TPSA) is 90.3 Å². The molecule has 0 aliphatic rings. The van der Waals surface area contributed by atoms with Gasteiger partial charge in [0.25, 0.3) is 0 Å². The average molecular weight is 356 g/mol. The van der Waals surface area contributed by atoms with Gasteiger partial charge in [0.2, 0.25) is 5.96 Å². The molecule has 0 fully saturated rings. The molecule has 0 saturated heterocycles. The van der Waals surface area contributed by atoms with Crippen molar-refractivity contribution >= 4 is 18.1 Å². The second-order valence-electron chi connectivity index (χ2n) is 5.23. The summed E-state index contributed by atoms with van der Waals surface area (Å²) in [6.45, 7) is 2.83. The summed E-state index contributed by atoms with van der Waals surface area (Å²) < 4.78 is 4.96. The largest absolute Gasteiger partial charge is 0.508 e. The molecular formula is C17H20N6OS. The van der Waals surface area contributed by atoms with Gasteiger partial charge in [-0.15, -0.1) is 0 Å². The quantitative estimate of drug-likeness (QED) is 0.321. The summed E-state index contributed by atoms with van der Waals surface area (Å²) in [6.07, 6.45) is 1.96. The molecule has 130 valence electrons. The van der Waals surface area contributed by atoms with Gasteiger partial charge in [0.1, 0.15) is 5.75 Å². The predicted molar refractivity (Wildman–Crippen MR) is 102 cm³/mol. The second kappa shape index (κ2) is 7.80. The van der Waals surface area contributed by atoms with Crippen LogP contribution in [0.4, 0.5) is 0 Å². The maximum absolute atomic E-state index is 9.40. The monoisotopic (exact) mass is 356 g/mol. The van der Waals surface area contributed by atoms with E-state index in [9.17, 15) is 5.11 Å². The number of aromatic hydroxyl groups is 1. The molecule has 8 heteroatoms. The number of nitrogens with zero attached hydrogens (tertiary/aromatic N) is 3. The van der Waals surface area contributed by atoms with Gasteiger partial charge in [0, 0.05) is 19.2 Å². The molecule has 0 aliphatic carbocycles. The predicted octanol–water partition coefficient (Wildman–Crippen LogP) is 2.85. The molecule has 3 aromatic rings. The third-order valence-electron chi connectivity index (χ3n) is 3.47. The number of aliphatic imine (C=N–C) groups is 1. The molecule has 0 bridgehead atoms. The Morgan fingerprint density at radius 1 is 1.24 bits per heavy atom. The van der Waals surface area contributed by atoms with Crippen LogP contribution in [0, 0.1) is 0 Å². The fourth-order valence-electron chi connectivity index (χ4n) is 2.20. The maximum atomic E-state index is 9.40. The van der Waals surface area contributed by atoms with E-state index in [0.717, 1.165) is 35.1 Å². The van der Waals surface area contributed by atoms with Crippen LogP contribution in [-0.2, 0) is 0 Å². The van der Waals surface area contributed by atoms with E-state index in [1.807, 2.05) is 47.5 Å². The Morgan fingerprint density at radius 3 is 2.64 bits per heavy atom. The van der Waals surface area contributed by atoms with Crippen molar-refractivity contribution in [3.8, 4) is 28.4 Å². The highest BCUT2D eigenvalue weighted by Gasteiger charge is 2.09. The number of aromatic nitrogens is 3. The fourth-order valence-corrected chi connectivity index (χ4v) is 2.85. The van der Waals surface area contributed by atoms with Gasteiger partial charge < -0.3 is 10.4 Å². The van der Waals surface area contributed by atoms with Crippen LogP contribution in [-0.4, -0.2) is 38.8 Å². The molecular weight excluding hydrogens is 336 g/mol. The minimum atomic E-state index is 0.246. The van der Waals surface area contributed by atoms with Crippen molar-refractivity contribution in [1.82, 2.24) is 24.2 Å². The normalized spacial score (nSPS) is 11.5. The molecule has 0 aliphatic heterocycles. The third kappa shape index (κ3) is 4.16. The molecule has 0 unspecified atom stereocenters. The van der Waals surface area contributed by atoms with Crippen molar-refractivity contribution in [3.63, 3.8) is 0 Å². The average Bonchev–Trinajstić information content (AvgIpc) is 2.60. The highest BCUT2D eigenvalue weighted by molar-refractivity contribution is 7.96. The van der Waals surface area contributed by atoms with E-state index >= 15 is 0 Å².